The summed E-state index contributed by atoms with van der Waals surface area (Å²) in [4.78, 5) is 24.6. The van der Waals surface area contributed by atoms with Gasteiger partial charge in [0.1, 0.15) is 5.78 Å². The largest absolute Gasteiger partial charge is 0.389 e. The first kappa shape index (κ1) is 23.1. The number of rotatable bonds is 5. The minimum absolute atomic E-state index is 0.00664. The van der Waals surface area contributed by atoms with Crippen LogP contribution in [0.25, 0.3) is 0 Å². The Morgan fingerprint density at radius 2 is 1.84 bits per heavy atom. The van der Waals surface area contributed by atoms with Crippen molar-refractivity contribution >= 4 is 21.0 Å². The molecule has 4 aliphatic carbocycles. The van der Waals surface area contributed by atoms with Crippen LogP contribution in [-0.2, 0) is 23.9 Å². The van der Waals surface area contributed by atoms with Crippen molar-refractivity contribution in [1.29, 1.82) is 0 Å². The molecule has 0 aromatic heterocycles. The molecule has 7 heteroatoms. The molecule has 0 spiro atoms. The second kappa shape index (κ2) is 8.07. The number of carbonyl (C=O) groups is 2. The zero-order valence-electron chi connectivity index (χ0n) is 18.9. The van der Waals surface area contributed by atoms with Gasteiger partial charge in [-0.1, -0.05) is 38.8 Å². The van der Waals surface area contributed by atoms with Crippen molar-refractivity contribution in [2.24, 2.45) is 28.6 Å². The average Bonchev–Trinajstić information content (AvgIpc) is 3.02. The third-order valence-corrected chi connectivity index (χ3v) is 10.4. The predicted octanol–water partition coefficient (Wildman–Crippen LogP) is 3.92. The van der Waals surface area contributed by atoms with Crippen molar-refractivity contribution in [2.75, 3.05) is 0 Å². The lowest BCUT2D eigenvalue weighted by Crippen LogP contribution is -2.54. The van der Waals surface area contributed by atoms with Crippen LogP contribution >= 0.6 is 0 Å². The highest BCUT2D eigenvalue weighted by molar-refractivity contribution is 8.02. The highest BCUT2D eigenvalue weighted by Gasteiger charge is 2.60. The van der Waals surface area contributed by atoms with Crippen molar-refractivity contribution in [3.05, 3.63) is 11.6 Å². The van der Waals surface area contributed by atoms with Gasteiger partial charge < -0.3 is 5.11 Å². The SMILES string of the molecule is CCCCC(=O)S(=O)(=O)O[C@H]1CC[C@@]2(C)C(=C[C@H](O)C3C2CC[C@]2(C)C(=O)CCC32)C1. The fraction of sp³-hybridized carbons (Fsp3) is 0.833. The van der Waals surface area contributed by atoms with Gasteiger partial charge in [-0.3, -0.25) is 13.8 Å². The van der Waals surface area contributed by atoms with E-state index < -0.39 is 27.4 Å². The molecule has 31 heavy (non-hydrogen) atoms. The van der Waals surface area contributed by atoms with E-state index in [4.69, 9.17) is 4.18 Å². The maximum absolute atomic E-state index is 12.6. The standard InChI is InChI=1S/C24H36O6S/c1-4-5-6-21(27)31(28,29)30-16-9-11-23(2)15(13-16)14-19(25)22-17-7-8-20(26)24(17,3)12-10-18(22)23/h14,16-19,22,25H,4-13H2,1-3H3/t16-,17?,18?,19-,22?,23-,24-/m0/s1. The summed E-state index contributed by atoms with van der Waals surface area (Å²) in [6.07, 6.45) is 7.05. The summed E-state index contributed by atoms with van der Waals surface area (Å²) in [6.45, 7) is 6.23. The summed E-state index contributed by atoms with van der Waals surface area (Å²) >= 11 is 0. The second-order valence-electron chi connectivity index (χ2n) is 10.7. The van der Waals surface area contributed by atoms with Crippen LogP contribution in [0, 0.1) is 28.6 Å². The van der Waals surface area contributed by atoms with Crippen molar-refractivity contribution < 1.29 is 27.3 Å². The Balaban J connectivity index is 1.53. The average molecular weight is 453 g/mol. The molecule has 0 aromatic rings. The molecule has 3 saturated carbocycles. The maximum atomic E-state index is 12.6. The molecular weight excluding hydrogens is 416 g/mol. The number of fused-ring (bicyclic) bond motifs is 5. The number of ketones is 1. The van der Waals surface area contributed by atoms with Gasteiger partial charge in [0, 0.05) is 18.3 Å². The first-order chi connectivity index (χ1) is 14.5. The summed E-state index contributed by atoms with van der Waals surface area (Å²) in [6, 6.07) is 0. The molecule has 0 saturated heterocycles. The summed E-state index contributed by atoms with van der Waals surface area (Å²) < 4.78 is 30.1. The van der Waals surface area contributed by atoms with Crippen LogP contribution in [0.5, 0.6) is 0 Å². The lowest BCUT2D eigenvalue weighted by Gasteiger charge is -2.58. The van der Waals surface area contributed by atoms with Gasteiger partial charge in [-0.25, -0.2) is 0 Å². The van der Waals surface area contributed by atoms with Gasteiger partial charge in [-0.15, -0.1) is 0 Å². The van der Waals surface area contributed by atoms with E-state index in [1.807, 2.05) is 13.0 Å². The lowest BCUT2D eigenvalue weighted by atomic mass is 9.47. The molecule has 4 aliphatic rings. The van der Waals surface area contributed by atoms with Gasteiger partial charge in [0.2, 0.25) is 0 Å². The number of hydrogen-bond donors (Lipinski definition) is 1. The highest BCUT2D eigenvalue weighted by Crippen LogP contribution is 2.64. The van der Waals surface area contributed by atoms with E-state index in [9.17, 15) is 23.1 Å². The van der Waals surface area contributed by atoms with Gasteiger partial charge >= 0.3 is 10.1 Å². The third kappa shape index (κ3) is 3.74. The molecule has 6 nitrogen and oxygen atoms in total. The topological polar surface area (TPSA) is 97.7 Å². The van der Waals surface area contributed by atoms with Crippen LogP contribution in [0.1, 0.15) is 85.0 Å². The Bertz CT molecular complexity index is 892. The van der Waals surface area contributed by atoms with Gasteiger partial charge in [0.25, 0.3) is 5.12 Å². The smallest absolute Gasteiger partial charge is 0.331 e. The van der Waals surface area contributed by atoms with E-state index in [1.54, 1.807) is 0 Å². The number of aliphatic hydroxyl groups is 1. The number of aliphatic hydroxyl groups excluding tert-OH is 1. The zero-order valence-corrected chi connectivity index (χ0v) is 19.7. The van der Waals surface area contributed by atoms with Crippen molar-refractivity contribution in [3.8, 4) is 0 Å². The monoisotopic (exact) mass is 452 g/mol. The fourth-order valence-electron chi connectivity index (χ4n) is 7.15. The first-order valence-electron chi connectivity index (χ1n) is 11.9. The van der Waals surface area contributed by atoms with Gasteiger partial charge in [-0.2, -0.15) is 8.42 Å². The second-order valence-corrected chi connectivity index (χ2v) is 12.3. The quantitative estimate of drug-likeness (QED) is 0.501. The molecular formula is C24H36O6S. The molecule has 7 atom stereocenters. The van der Waals surface area contributed by atoms with E-state index >= 15 is 0 Å². The van der Waals surface area contributed by atoms with Crippen LogP contribution in [0.4, 0.5) is 0 Å². The van der Waals surface area contributed by atoms with Crippen LogP contribution in [0.2, 0.25) is 0 Å². The summed E-state index contributed by atoms with van der Waals surface area (Å²) in [5, 5.41) is 10.3. The molecule has 4 rings (SSSR count). The molecule has 0 heterocycles. The van der Waals surface area contributed by atoms with Crippen LogP contribution in [-0.4, -0.2) is 36.6 Å². The molecule has 0 radical (unpaired) electrons. The summed E-state index contributed by atoms with van der Waals surface area (Å²) in [5.41, 5.74) is 0.630. The first-order valence-corrected chi connectivity index (χ1v) is 13.3. The minimum Gasteiger partial charge on any atom is -0.389 e. The van der Waals surface area contributed by atoms with Crippen LogP contribution in [0.3, 0.4) is 0 Å². The molecule has 3 unspecified atom stereocenters. The molecule has 3 fully saturated rings. The molecule has 1 N–H and O–H groups in total. The van der Waals surface area contributed by atoms with E-state index in [1.165, 1.54) is 0 Å². The Morgan fingerprint density at radius 3 is 2.55 bits per heavy atom. The summed E-state index contributed by atoms with van der Waals surface area (Å²) in [5.74, 6) is 0.929. The lowest BCUT2D eigenvalue weighted by molar-refractivity contribution is -0.135. The van der Waals surface area contributed by atoms with Crippen molar-refractivity contribution in [2.45, 2.75) is 97.2 Å². The Kier molecular flexibility index (Phi) is 6.02. The Morgan fingerprint density at radius 1 is 1.16 bits per heavy atom. The van der Waals surface area contributed by atoms with E-state index in [0.717, 1.165) is 37.7 Å². The van der Waals surface area contributed by atoms with Crippen molar-refractivity contribution in [1.82, 2.24) is 0 Å². The third-order valence-electron chi connectivity index (χ3n) is 9.07. The van der Waals surface area contributed by atoms with E-state index in [-0.39, 0.29) is 35.0 Å². The number of Topliss-reactive ketones (excluding diaryl/α,β-unsaturated/α-hetero) is 1. The van der Waals surface area contributed by atoms with E-state index in [0.29, 0.717) is 31.5 Å². The number of carbonyl (C=O) groups excluding carboxylic acids is 2. The molecule has 0 aliphatic heterocycles. The maximum Gasteiger partial charge on any atom is 0.331 e. The fourth-order valence-corrected chi connectivity index (χ4v) is 8.17. The van der Waals surface area contributed by atoms with Gasteiger partial charge in [0.05, 0.1) is 12.2 Å². The number of unbranched alkanes of at least 4 members (excludes halogenated alkanes) is 1. The zero-order chi connectivity index (χ0) is 22.6. The molecule has 0 amide bonds. The van der Waals surface area contributed by atoms with Crippen molar-refractivity contribution in [3.63, 3.8) is 0 Å². The van der Waals surface area contributed by atoms with Gasteiger partial charge in [-0.05, 0) is 68.1 Å². The molecule has 0 aromatic carbocycles. The van der Waals surface area contributed by atoms with Crippen LogP contribution in [0.15, 0.2) is 11.6 Å². The van der Waals surface area contributed by atoms with Gasteiger partial charge in [0.15, 0.2) is 0 Å². The van der Waals surface area contributed by atoms with E-state index in [2.05, 4.69) is 13.8 Å². The molecule has 174 valence electrons. The molecule has 0 bridgehead atoms. The summed E-state index contributed by atoms with van der Waals surface area (Å²) in [7, 11) is -4.22. The number of hydrogen-bond acceptors (Lipinski definition) is 6. The predicted molar refractivity (Wildman–Crippen MR) is 116 cm³/mol. The highest BCUT2D eigenvalue weighted by atomic mass is 32.2. The normalized spacial score (nSPS) is 42.4. The Labute approximate surface area is 185 Å². The Hall–Kier alpha value is -1.05. The minimum atomic E-state index is -4.22. The van der Waals surface area contributed by atoms with Crippen LogP contribution < -0.4 is 0 Å².